The van der Waals surface area contributed by atoms with Crippen molar-refractivity contribution in [3.05, 3.63) is 0 Å². The minimum Gasteiger partial charge on any atom is -0.356 e. The lowest BCUT2D eigenvalue weighted by atomic mass is 10.1. The highest BCUT2D eigenvalue weighted by Gasteiger charge is 2.25. The second kappa shape index (κ2) is 5.20. The molecule has 1 unspecified atom stereocenters. The van der Waals surface area contributed by atoms with Crippen LogP contribution in [-0.2, 0) is 9.59 Å². The van der Waals surface area contributed by atoms with E-state index in [0.29, 0.717) is 19.0 Å². The topological polar surface area (TPSA) is 49.4 Å². The first-order valence-corrected chi connectivity index (χ1v) is 5.25. The Morgan fingerprint density at radius 3 is 2.86 bits per heavy atom. The van der Waals surface area contributed by atoms with Gasteiger partial charge in [0.05, 0.1) is 0 Å². The average molecular weight is 219 g/mol. The molecule has 0 aromatic carbocycles. The Morgan fingerprint density at radius 1 is 1.57 bits per heavy atom. The SMILES string of the molecule is CC(=O)NCC1CCN(C(=O)CCl)C1. The van der Waals surface area contributed by atoms with Gasteiger partial charge in [0.25, 0.3) is 0 Å². The van der Waals surface area contributed by atoms with E-state index in [0.717, 1.165) is 13.0 Å². The summed E-state index contributed by atoms with van der Waals surface area (Å²) in [5.74, 6) is 0.391. The third kappa shape index (κ3) is 3.18. The maximum absolute atomic E-state index is 11.2. The highest BCUT2D eigenvalue weighted by Crippen LogP contribution is 2.15. The highest BCUT2D eigenvalue weighted by molar-refractivity contribution is 6.27. The van der Waals surface area contributed by atoms with E-state index in [-0.39, 0.29) is 17.7 Å². The molecule has 1 aliphatic heterocycles. The number of likely N-dealkylation sites (tertiary alicyclic amines) is 1. The summed E-state index contributed by atoms with van der Waals surface area (Å²) >= 11 is 5.45. The summed E-state index contributed by atoms with van der Waals surface area (Å²) in [4.78, 5) is 23.6. The summed E-state index contributed by atoms with van der Waals surface area (Å²) < 4.78 is 0. The van der Waals surface area contributed by atoms with Gasteiger partial charge >= 0.3 is 0 Å². The van der Waals surface area contributed by atoms with E-state index in [1.165, 1.54) is 6.92 Å². The van der Waals surface area contributed by atoms with Crippen molar-refractivity contribution in [2.75, 3.05) is 25.5 Å². The van der Waals surface area contributed by atoms with Crippen LogP contribution in [0.2, 0.25) is 0 Å². The van der Waals surface area contributed by atoms with Crippen molar-refractivity contribution in [1.82, 2.24) is 10.2 Å². The van der Waals surface area contributed by atoms with Crippen molar-refractivity contribution >= 4 is 23.4 Å². The molecule has 1 saturated heterocycles. The molecule has 0 aromatic rings. The molecule has 80 valence electrons. The van der Waals surface area contributed by atoms with E-state index >= 15 is 0 Å². The van der Waals surface area contributed by atoms with Crippen LogP contribution >= 0.6 is 11.6 Å². The van der Waals surface area contributed by atoms with Crippen LogP contribution in [0, 0.1) is 5.92 Å². The van der Waals surface area contributed by atoms with Crippen molar-refractivity contribution in [3.8, 4) is 0 Å². The molecule has 4 nitrogen and oxygen atoms in total. The van der Waals surface area contributed by atoms with Crippen LogP contribution in [0.3, 0.4) is 0 Å². The first kappa shape index (κ1) is 11.3. The number of nitrogens with zero attached hydrogens (tertiary/aromatic N) is 1. The Hall–Kier alpha value is -0.770. The smallest absolute Gasteiger partial charge is 0.237 e. The number of carbonyl (C=O) groups is 2. The van der Waals surface area contributed by atoms with E-state index in [2.05, 4.69) is 5.32 Å². The molecule has 0 radical (unpaired) electrons. The Labute approximate surface area is 88.6 Å². The third-order valence-electron chi connectivity index (χ3n) is 2.39. The lowest BCUT2D eigenvalue weighted by Gasteiger charge is -2.14. The summed E-state index contributed by atoms with van der Waals surface area (Å²) in [7, 11) is 0. The van der Waals surface area contributed by atoms with Crippen LogP contribution < -0.4 is 5.32 Å². The van der Waals surface area contributed by atoms with E-state index < -0.39 is 0 Å². The molecular formula is C9H15ClN2O2. The molecule has 1 atom stereocenters. The van der Waals surface area contributed by atoms with Gasteiger partial charge in [-0.3, -0.25) is 9.59 Å². The lowest BCUT2D eigenvalue weighted by molar-refractivity contribution is -0.127. The first-order valence-electron chi connectivity index (χ1n) is 4.71. The summed E-state index contributed by atoms with van der Waals surface area (Å²) in [6.45, 7) is 3.62. The molecule has 0 saturated carbocycles. The molecule has 14 heavy (non-hydrogen) atoms. The summed E-state index contributed by atoms with van der Waals surface area (Å²) in [6, 6.07) is 0. The highest BCUT2D eigenvalue weighted by atomic mass is 35.5. The van der Waals surface area contributed by atoms with Gasteiger partial charge in [0, 0.05) is 26.6 Å². The zero-order valence-electron chi connectivity index (χ0n) is 8.25. The Bertz CT molecular complexity index is 233. The fourth-order valence-corrected chi connectivity index (χ4v) is 1.77. The standard InChI is InChI=1S/C9H15ClN2O2/c1-7(13)11-5-8-2-3-12(6-8)9(14)4-10/h8H,2-6H2,1H3,(H,11,13). The maximum atomic E-state index is 11.2. The predicted molar refractivity (Wildman–Crippen MR) is 54.1 cm³/mol. The van der Waals surface area contributed by atoms with Crippen molar-refractivity contribution in [3.63, 3.8) is 0 Å². The Balaban J connectivity index is 2.27. The van der Waals surface area contributed by atoms with Gasteiger partial charge in [-0.05, 0) is 12.3 Å². The lowest BCUT2D eigenvalue weighted by Crippen LogP contribution is -2.32. The van der Waals surface area contributed by atoms with Crippen molar-refractivity contribution < 1.29 is 9.59 Å². The van der Waals surface area contributed by atoms with Gasteiger partial charge in [0.1, 0.15) is 5.88 Å². The Morgan fingerprint density at radius 2 is 2.29 bits per heavy atom. The third-order valence-corrected chi connectivity index (χ3v) is 2.62. The molecule has 1 fully saturated rings. The predicted octanol–water partition coefficient (Wildman–Crippen LogP) is 0.210. The first-order chi connectivity index (χ1) is 6.63. The van der Waals surface area contributed by atoms with Crippen LogP contribution in [-0.4, -0.2) is 42.2 Å². The molecule has 1 rings (SSSR count). The average Bonchev–Trinajstić information content (AvgIpc) is 2.62. The van der Waals surface area contributed by atoms with Gasteiger partial charge in [-0.15, -0.1) is 11.6 Å². The number of alkyl halides is 1. The Kier molecular flexibility index (Phi) is 4.20. The van der Waals surface area contributed by atoms with Crippen LogP contribution in [0.5, 0.6) is 0 Å². The fourth-order valence-electron chi connectivity index (χ4n) is 1.60. The van der Waals surface area contributed by atoms with Gasteiger partial charge in [0.15, 0.2) is 0 Å². The number of hydrogen-bond acceptors (Lipinski definition) is 2. The number of rotatable bonds is 3. The van der Waals surface area contributed by atoms with Gasteiger partial charge in [-0.1, -0.05) is 0 Å². The molecule has 0 aromatic heterocycles. The minimum absolute atomic E-state index is 0.0167. The molecule has 0 aliphatic carbocycles. The minimum atomic E-state index is -0.0212. The van der Waals surface area contributed by atoms with Crippen LogP contribution in [0.25, 0.3) is 0 Å². The summed E-state index contributed by atoms with van der Waals surface area (Å²) in [5.41, 5.74) is 0. The van der Waals surface area contributed by atoms with Crippen molar-refractivity contribution in [2.24, 2.45) is 5.92 Å². The number of amides is 2. The van der Waals surface area contributed by atoms with Crippen molar-refractivity contribution in [2.45, 2.75) is 13.3 Å². The van der Waals surface area contributed by atoms with E-state index in [4.69, 9.17) is 11.6 Å². The van der Waals surface area contributed by atoms with E-state index in [9.17, 15) is 9.59 Å². The normalized spacial score (nSPS) is 21.0. The monoisotopic (exact) mass is 218 g/mol. The van der Waals surface area contributed by atoms with Gasteiger partial charge < -0.3 is 10.2 Å². The second-order valence-electron chi connectivity index (χ2n) is 3.57. The van der Waals surface area contributed by atoms with Gasteiger partial charge in [0.2, 0.25) is 11.8 Å². The molecule has 0 spiro atoms. The molecule has 1 N–H and O–H groups in total. The molecular weight excluding hydrogens is 204 g/mol. The largest absolute Gasteiger partial charge is 0.356 e. The number of carbonyl (C=O) groups excluding carboxylic acids is 2. The van der Waals surface area contributed by atoms with Crippen molar-refractivity contribution in [1.29, 1.82) is 0 Å². The number of halogens is 1. The molecule has 1 aliphatic rings. The van der Waals surface area contributed by atoms with E-state index in [1.54, 1.807) is 4.90 Å². The van der Waals surface area contributed by atoms with Crippen LogP contribution in [0.4, 0.5) is 0 Å². The van der Waals surface area contributed by atoms with Gasteiger partial charge in [-0.25, -0.2) is 0 Å². The fraction of sp³-hybridized carbons (Fsp3) is 0.778. The quantitative estimate of drug-likeness (QED) is 0.689. The maximum Gasteiger partial charge on any atom is 0.237 e. The molecule has 5 heteroatoms. The molecule has 2 amide bonds. The molecule has 0 bridgehead atoms. The molecule has 1 heterocycles. The zero-order chi connectivity index (χ0) is 10.6. The van der Waals surface area contributed by atoms with E-state index in [1.807, 2.05) is 0 Å². The summed E-state index contributed by atoms with van der Waals surface area (Å²) in [5, 5.41) is 2.76. The van der Waals surface area contributed by atoms with Crippen LogP contribution in [0.15, 0.2) is 0 Å². The van der Waals surface area contributed by atoms with Gasteiger partial charge in [-0.2, -0.15) is 0 Å². The van der Waals surface area contributed by atoms with Crippen LogP contribution in [0.1, 0.15) is 13.3 Å². The second-order valence-corrected chi connectivity index (χ2v) is 3.83. The summed E-state index contributed by atoms with van der Waals surface area (Å²) in [6.07, 6.45) is 0.947. The number of nitrogens with one attached hydrogen (secondary N) is 1. The number of hydrogen-bond donors (Lipinski definition) is 1. The zero-order valence-corrected chi connectivity index (χ0v) is 9.01.